The van der Waals surface area contributed by atoms with Crippen LogP contribution in [-0.2, 0) is 4.79 Å². The highest BCUT2D eigenvalue weighted by Gasteiger charge is 2.26. The van der Waals surface area contributed by atoms with Gasteiger partial charge in [0.05, 0.1) is 4.90 Å². The van der Waals surface area contributed by atoms with E-state index < -0.39 is 46.0 Å². The summed E-state index contributed by atoms with van der Waals surface area (Å²) in [5.74, 6) is -11.7. The Morgan fingerprint density at radius 3 is 1.95 bits per heavy atom. The average molecular weight is 351 g/mol. The fourth-order valence-electron chi connectivity index (χ4n) is 0.947. The molecule has 1 aromatic rings. The highest BCUT2D eigenvalue weighted by atomic mass is 33.1. The van der Waals surface area contributed by atoms with Gasteiger partial charge < -0.3 is 5.11 Å². The van der Waals surface area contributed by atoms with Crippen molar-refractivity contribution in [1.29, 1.82) is 0 Å². The maximum absolute atomic E-state index is 13.3. The molecule has 0 saturated carbocycles. The number of nitrogens with one attached hydrogen (secondary N) is 1. The molecule has 0 heterocycles. The number of thiol groups is 1. The van der Waals surface area contributed by atoms with Gasteiger partial charge in [-0.25, -0.2) is 26.7 Å². The van der Waals surface area contributed by atoms with Gasteiger partial charge in [-0.15, -0.1) is 0 Å². The lowest BCUT2D eigenvalue weighted by Gasteiger charge is -2.11. The van der Waals surface area contributed by atoms with E-state index in [1.54, 1.807) is 0 Å². The molecule has 0 amide bonds. The van der Waals surface area contributed by atoms with Crippen LogP contribution in [0.25, 0.3) is 0 Å². The highest BCUT2D eigenvalue weighted by molar-refractivity contribution is 8.76. The zero-order valence-electron chi connectivity index (χ0n) is 9.29. The Morgan fingerprint density at radius 2 is 1.55 bits per heavy atom. The average Bonchev–Trinajstić information content (AvgIpc) is 2.42. The number of carbonyl (C=O) groups is 1. The molecule has 0 spiro atoms. The Morgan fingerprint density at radius 1 is 1.10 bits per heavy atom. The molecule has 0 bridgehead atoms. The Bertz CT molecular complexity index is 502. The third-order valence-electron chi connectivity index (χ3n) is 1.97. The molecule has 2 N–H and O–H groups in total. The van der Waals surface area contributed by atoms with Crippen LogP contribution >= 0.6 is 34.4 Å². The first-order valence-corrected chi connectivity index (χ1v) is 7.53. The number of aliphatic carboxylic acids is 1. The molecule has 0 aliphatic rings. The minimum absolute atomic E-state index is 0.125. The molecule has 1 atom stereocenters. The predicted octanol–water partition coefficient (Wildman–Crippen LogP) is 3.01. The molecule has 0 aliphatic carbocycles. The lowest BCUT2D eigenvalue weighted by molar-refractivity contribution is -0.138. The summed E-state index contributed by atoms with van der Waals surface area (Å²) in [6.45, 7) is 0. The van der Waals surface area contributed by atoms with Crippen molar-refractivity contribution in [3.8, 4) is 0 Å². The zero-order chi connectivity index (χ0) is 15.4. The fraction of sp³-hybridized carbons (Fsp3) is 0.222. The van der Waals surface area contributed by atoms with Gasteiger partial charge in [0.2, 0.25) is 5.82 Å². The van der Waals surface area contributed by atoms with Gasteiger partial charge >= 0.3 is 5.97 Å². The molecule has 0 aliphatic heterocycles. The minimum atomic E-state index is -2.25. The van der Waals surface area contributed by atoms with Crippen LogP contribution in [0.2, 0.25) is 0 Å². The summed E-state index contributed by atoms with van der Waals surface area (Å²) >= 11 is 3.72. The summed E-state index contributed by atoms with van der Waals surface area (Å²) in [7, 11) is 0.604. The second kappa shape index (κ2) is 7.38. The van der Waals surface area contributed by atoms with Crippen molar-refractivity contribution in [1.82, 2.24) is 4.72 Å². The summed E-state index contributed by atoms with van der Waals surface area (Å²) in [6.07, 6.45) is 0. The van der Waals surface area contributed by atoms with E-state index in [9.17, 15) is 26.7 Å². The van der Waals surface area contributed by atoms with Crippen LogP contribution in [-0.4, -0.2) is 22.9 Å². The first kappa shape index (κ1) is 17.4. The number of hydrogen-bond acceptors (Lipinski definition) is 5. The number of rotatable bonds is 6. The van der Waals surface area contributed by atoms with Gasteiger partial charge in [0, 0.05) is 5.75 Å². The van der Waals surface area contributed by atoms with E-state index in [1.165, 1.54) is 0 Å². The predicted molar refractivity (Wildman–Crippen MR) is 68.1 cm³/mol. The fourth-order valence-corrected chi connectivity index (χ4v) is 3.26. The standard InChI is InChI=1S/C9H6F5NO2S3/c10-3-4(11)6(13)8(7(14)5(3)12)19-20-15-2(1-18)9(16)17/h2,15,18H,1H2,(H,16,17)/t2-/m0/s1. The summed E-state index contributed by atoms with van der Waals surface area (Å²) < 4.78 is 67.3. The molecule has 112 valence electrons. The summed E-state index contributed by atoms with van der Waals surface area (Å²) in [5, 5.41) is 8.65. The molecule has 1 aromatic carbocycles. The van der Waals surface area contributed by atoms with Crippen LogP contribution in [0.3, 0.4) is 0 Å². The van der Waals surface area contributed by atoms with E-state index in [-0.39, 0.29) is 16.5 Å². The quantitative estimate of drug-likeness (QED) is 0.184. The number of halogens is 5. The van der Waals surface area contributed by atoms with E-state index in [0.717, 1.165) is 0 Å². The van der Waals surface area contributed by atoms with E-state index in [1.807, 2.05) is 0 Å². The number of carboxylic acid groups (broad SMARTS) is 1. The van der Waals surface area contributed by atoms with Crippen LogP contribution < -0.4 is 4.72 Å². The van der Waals surface area contributed by atoms with E-state index in [0.29, 0.717) is 11.0 Å². The largest absolute Gasteiger partial charge is 0.480 e. The van der Waals surface area contributed by atoms with Gasteiger partial charge in [0.25, 0.3) is 0 Å². The zero-order valence-corrected chi connectivity index (χ0v) is 11.8. The van der Waals surface area contributed by atoms with Crippen molar-refractivity contribution in [2.45, 2.75) is 10.9 Å². The summed E-state index contributed by atoms with van der Waals surface area (Å²) in [6, 6.07) is -1.14. The maximum Gasteiger partial charge on any atom is 0.322 e. The minimum Gasteiger partial charge on any atom is -0.480 e. The number of benzene rings is 1. The van der Waals surface area contributed by atoms with E-state index >= 15 is 0 Å². The summed E-state index contributed by atoms with van der Waals surface area (Å²) in [5.41, 5.74) is 0. The summed E-state index contributed by atoms with van der Waals surface area (Å²) in [4.78, 5) is 9.50. The molecule has 0 radical (unpaired) electrons. The van der Waals surface area contributed by atoms with Crippen molar-refractivity contribution in [3.63, 3.8) is 0 Å². The van der Waals surface area contributed by atoms with Gasteiger partial charge in [-0.3, -0.25) is 4.79 Å². The van der Waals surface area contributed by atoms with Crippen LogP contribution in [0, 0.1) is 29.1 Å². The maximum atomic E-state index is 13.3. The second-order valence-corrected chi connectivity index (χ2v) is 5.60. The molecule has 0 saturated heterocycles. The third kappa shape index (κ3) is 3.71. The Balaban J connectivity index is 2.86. The monoisotopic (exact) mass is 351 g/mol. The van der Waals surface area contributed by atoms with Gasteiger partial charge in [-0.2, -0.15) is 12.6 Å². The molecule has 20 heavy (non-hydrogen) atoms. The number of carboxylic acids is 1. The third-order valence-corrected chi connectivity index (χ3v) is 4.36. The molecule has 11 heteroatoms. The normalized spacial score (nSPS) is 12.5. The van der Waals surface area contributed by atoms with Crippen molar-refractivity contribution < 1.29 is 31.9 Å². The molecule has 0 fully saturated rings. The van der Waals surface area contributed by atoms with Crippen molar-refractivity contribution >= 4 is 40.4 Å². The second-order valence-electron chi connectivity index (χ2n) is 3.26. The first-order chi connectivity index (χ1) is 9.31. The van der Waals surface area contributed by atoms with E-state index in [4.69, 9.17) is 5.11 Å². The van der Waals surface area contributed by atoms with Crippen LogP contribution in [0.4, 0.5) is 22.0 Å². The van der Waals surface area contributed by atoms with Crippen molar-refractivity contribution in [3.05, 3.63) is 29.1 Å². The molecular weight excluding hydrogens is 345 g/mol. The first-order valence-electron chi connectivity index (χ1n) is 4.75. The van der Waals surface area contributed by atoms with Gasteiger partial charge in [0.15, 0.2) is 23.3 Å². The Hall–Kier alpha value is -0.650. The molecule has 0 aromatic heterocycles. The van der Waals surface area contributed by atoms with Crippen LogP contribution in [0.15, 0.2) is 4.90 Å². The molecule has 0 unspecified atom stereocenters. The Labute approximate surface area is 123 Å². The lowest BCUT2D eigenvalue weighted by Crippen LogP contribution is -2.33. The molecular formula is C9H6F5NO2S3. The smallest absolute Gasteiger partial charge is 0.322 e. The number of hydrogen-bond donors (Lipinski definition) is 3. The topological polar surface area (TPSA) is 49.3 Å². The van der Waals surface area contributed by atoms with Crippen molar-refractivity contribution in [2.24, 2.45) is 0 Å². The SMILES string of the molecule is O=C(O)[C@H](CS)NSSc1c(F)c(F)c(F)c(F)c1F. The highest BCUT2D eigenvalue weighted by Crippen LogP contribution is 2.36. The van der Waals surface area contributed by atoms with E-state index in [2.05, 4.69) is 17.4 Å². The van der Waals surface area contributed by atoms with Gasteiger partial charge in [0.1, 0.15) is 6.04 Å². The van der Waals surface area contributed by atoms with Gasteiger partial charge in [-0.1, -0.05) is 0 Å². The van der Waals surface area contributed by atoms with Crippen LogP contribution in [0.5, 0.6) is 0 Å². The Kier molecular flexibility index (Phi) is 6.43. The van der Waals surface area contributed by atoms with Gasteiger partial charge in [-0.05, 0) is 21.8 Å². The molecule has 1 rings (SSSR count). The van der Waals surface area contributed by atoms with Crippen LogP contribution in [0.1, 0.15) is 0 Å². The van der Waals surface area contributed by atoms with Crippen molar-refractivity contribution in [2.75, 3.05) is 5.75 Å². The molecule has 3 nitrogen and oxygen atoms in total. The lowest BCUT2D eigenvalue weighted by atomic mass is 10.3.